The van der Waals surface area contributed by atoms with E-state index in [0.29, 0.717) is 11.1 Å². The van der Waals surface area contributed by atoms with Crippen LogP contribution >= 0.6 is 0 Å². The lowest BCUT2D eigenvalue weighted by Gasteiger charge is -2.34. The molecule has 0 saturated carbocycles. The Labute approximate surface area is 173 Å². The third-order valence-corrected chi connectivity index (χ3v) is 5.10. The Morgan fingerprint density at radius 3 is 2.03 bits per heavy atom. The highest BCUT2D eigenvalue weighted by atomic mass is 16.2. The molecule has 2 aromatic carbocycles. The molecular formula is C24H31N3O2. The number of nitrogens with one attached hydrogen (secondary N) is 1. The molecule has 1 aliphatic heterocycles. The maximum atomic E-state index is 12.8. The Balaban J connectivity index is 1.49. The van der Waals surface area contributed by atoms with Gasteiger partial charge in [-0.05, 0) is 57.0 Å². The first-order valence-electron chi connectivity index (χ1n) is 10.3. The fourth-order valence-electron chi connectivity index (χ4n) is 3.47. The van der Waals surface area contributed by atoms with Crippen molar-refractivity contribution in [1.82, 2.24) is 15.1 Å². The second-order valence-corrected chi connectivity index (χ2v) is 8.65. The van der Waals surface area contributed by atoms with Crippen LogP contribution in [-0.4, -0.2) is 59.9 Å². The van der Waals surface area contributed by atoms with E-state index in [1.54, 1.807) is 24.3 Å². The van der Waals surface area contributed by atoms with E-state index in [-0.39, 0.29) is 17.4 Å². The molecule has 5 nitrogen and oxygen atoms in total. The van der Waals surface area contributed by atoms with Crippen LogP contribution < -0.4 is 5.32 Å². The van der Waals surface area contributed by atoms with Crippen molar-refractivity contribution in [3.8, 4) is 0 Å². The van der Waals surface area contributed by atoms with Gasteiger partial charge in [0, 0.05) is 49.4 Å². The normalized spacial score (nSPS) is 15.2. The number of hydrogen-bond donors (Lipinski definition) is 1. The van der Waals surface area contributed by atoms with E-state index in [4.69, 9.17) is 0 Å². The zero-order valence-electron chi connectivity index (χ0n) is 17.6. The lowest BCUT2D eigenvalue weighted by atomic mass is 10.1. The molecule has 3 rings (SSSR count). The van der Waals surface area contributed by atoms with Gasteiger partial charge < -0.3 is 10.2 Å². The molecule has 0 spiro atoms. The molecule has 0 bridgehead atoms. The maximum Gasteiger partial charge on any atom is 0.253 e. The topological polar surface area (TPSA) is 52.7 Å². The van der Waals surface area contributed by atoms with Crippen LogP contribution in [0, 0.1) is 0 Å². The first-order valence-corrected chi connectivity index (χ1v) is 10.3. The molecule has 2 aromatic rings. The van der Waals surface area contributed by atoms with Crippen LogP contribution in [0.3, 0.4) is 0 Å². The summed E-state index contributed by atoms with van der Waals surface area (Å²) >= 11 is 0. The maximum absolute atomic E-state index is 12.8. The molecule has 1 aliphatic rings. The Bertz CT molecular complexity index is 817. The number of benzene rings is 2. The van der Waals surface area contributed by atoms with Crippen molar-refractivity contribution in [1.29, 1.82) is 0 Å². The molecule has 29 heavy (non-hydrogen) atoms. The van der Waals surface area contributed by atoms with E-state index in [0.717, 1.165) is 39.1 Å². The standard InChI is InChI=1S/C24H31N3O2/c1-24(2,3)25-22(28)20-9-11-21(12-10-20)23(29)27-17-15-26(16-18-27)14-13-19-7-5-4-6-8-19/h4-12H,13-18H2,1-3H3,(H,25,28). The highest BCUT2D eigenvalue weighted by Crippen LogP contribution is 2.12. The van der Waals surface area contributed by atoms with Crippen molar-refractivity contribution in [2.24, 2.45) is 0 Å². The van der Waals surface area contributed by atoms with E-state index in [1.807, 2.05) is 31.7 Å². The first kappa shape index (κ1) is 21.1. The smallest absolute Gasteiger partial charge is 0.253 e. The molecule has 0 radical (unpaired) electrons. The van der Waals surface area contributed by atoms with Crippen LogP contribution in [0.4, 0.5) is 0 Å². The summed E-state index contributed by atoms with van der Waals surface area (Å²) in [5.41, 5.74) is 2.27. The van der Waals surface area contributed by atoms with Crippen LogP contribution in [0.15, 0.2) is 54.6 Å². The lowest BCUT2D eigenvalue weighted by Crippen LogP contribution is -2.49. The summed E-state index contributed by atoms with van der Waals surface area (Å²) in [7, 11) is 0. The average Bonchev–Trinajstić information content (AvgIpc) is 2.72. The van der Waals surface area contributed by atoms with Crippen molar-refractivity contribution < 1.29 is 9.59 Å². The Hall–Kier alpha value is -2.66. The molecule has 154 valence electrons. The number of amides is 2. The summed E-state index contributed by atoms with van der Waals surface area (Å²) in [5.74, 6) is -0.0842. The average molecular weight is 394 g/mol. The molecule has 5 heteroatoms. The highest BCUT2D eigenvalue weighted by Gasteiger charge is 2.22. The van der Waals surface area contributed by atoms with Crippen LogP contribution in [-0.2, 0) is 6.42 Å². The molecule has 1 N–H and O–H groups in total. The minimum atomic E-state index is -0.286. The summed E-state index contributed by atoms with van der Waals surface area (Å²) < 4.78 is 0. The highest BCUT2D eigenvalue weighted by molar-refractivity contribution is 5.98. The third-order valence-electron chi connectivity index (χ3n) is 5.10. The number of carbonyl (C=O) groups is 2. The van der Waals surface area contributed by atoms with Gasteiger partial charge in [-0.3, -0.25) is 14.5 Å². The second kappa shape index (κ2) is 9.23. The number of carbonyl (C=O) groups excluding carboxylic acids is 2. The lowest BCUT2D eigenvalue weighted by molar-refractivity contribution is 0.0638. The summed E-state index contributed by atoms with van der Waals surface area (Å²) in [5, 5.41) is 2.94. The fourth-order valence-corrected chi connectivity index (χ4v) is 3.47. The van der Waals surface area contributed by atoms with Gasteiger partial charge in [-0.1, -0.05) is 30.3 Å². The fraction of sp³-hybridized carbons (Fsp3) is 0.417. The van der Waals surface area contributed by atoms with Crippen LogP contribution in [0.25, 0.3) is 0 Å². The summed E-state index contributed by atoms with van der Waals surface area (Å²) in [6, 6.07) is 17.5. The minimum absolute atomic E-state index is 0.0375. The number of piperazine rings is 1. The van der Waals surface area contributed by atoms with Gasteiger partial charge in [-0.25, -0.2) is 0 Å². The predicted molar refractivity (Wildman–Crippen MR) is 116 cm³/mol. The number of nitrogens with zero attached hydrogens (tertiary/aromatic N) is 2. The molecule has 1 fully saturated rings. The molecule has 0 unspecified atom stereocenters. The Kier molecular flexibility index (Phi) is 6.70. The molecular weight excluding hydrogens is 362 g/mol. The summed E-state index contributed by atoms with van der Waals surface area (Å²) in [4.78, 5) is 29.4. The van der Waals surface area contributed by atoms with Gasteiger partial charge >= 0.3 is 0 Å². The van der Waals surface area contributed by atoms with E-state index in [9.17, 15) is 9.59 Å². The molecule has 1 heterocycles. The van der Waals surface area contributed by atoms with Crippen molar-refractivity contribution >= 4 is 11.8 Å². The van der Waals surface area contributed by atoms with Gasteiger partial charge in [0.2, 0.25) is 0 Å². The first-order chi connectivity index (χ1) is 13.8. The number of hydrogen-bond acceptors (Lipinski definition) is 3. The van der Waals surface area contributed by atoms with Crippen LogP contribution in [0.5, 0.6) is 0 Å². The van der Waals surface area contributed by atoms with Gasteiger partial charge in [0.25, 0.3) is 11.8 Å². The van der Waals surface area contributed by atoms with Crippen LogP contribution in [0.1, 0.15) is 47.1 Å². The molecule has 0 aromatic heterocycles. The van der Waals surface area contributed by atoms with Gasteiger partial charge in [-0.15, -0.1) is 0 Å². The van der Waals surface area contributed by atoms with Gasteiger partial charge in [0.1, 0.15) is 0 Å². The van der Waals surface area contributed by atoms with Crippen molar-refractivity contribution in [3.63, 3.8) is 0 Å². The number of rotatable bonds is 5. The predicted octanol–water partition coefficient (Wildman–Crippen LogP) is 3.22. The van der Waals surface area contributed by atoms with E-state index < -0.39 is 0 Å². The SMILES string of the molecule is CC(C)(C)NC(=O)c1ccc(C(=O)N2CCN(CCc3ccccc3)CC2)cc1. The van der Waals surface area contributed by atoms with Gasteiger partial charge in [0.05, 0.1) is 0 Å². The molecule has 1 saturated heterocycles. The monoisotopic (exact) mass is 393 g/mol. The largest absolute Gasteiger partial charge is 0.347 e. The summed E-state index contributed by atoms with van der Waals surface area (Å²) in [6.07, 6.45) is 1.03. The van der Waals surface area contributed by atoms with Crippen LogP contribution in [0.2, 0.25) is 0 Å². The zero-order chi connectivity index (χ0) is 20.9. The molecule has 0 aliphatic carbocycles. The van der Waals surface area contributed by atoms with Crippen molar-refractivity contribution in [3.05, 3.63) is 71.3 Å². The molecule has 0 atom stereocenters. The van der Waals surface area contributed by atoms with Crippen molar-refractivity contribution in [2.45, 2.75) is 32.7 Å². The van der Waals surface area contributed by atoms with E-state index >= 15 is 0 Å². The van der Waals surface area contributed by atoms with E-state index in [1.165, 1.54) is 5.56 Å². The zero-order valence-corrected chi connectivity index (χ0v) is 17.6. The minimum Gasteiger partial charge on any atom is -0.347 e. The quantitative estimate of drug-likeness (QED) is 0.849. The second-order valence-electron chi connectivity index (χ2n) is 8.65. The Morgan fingerprint density at radius 2 is 1.45 bits per heavy atom. The third kappa shape index (κ3) is 6.16. The molecule has 2 amide bonds. The van der Waals surface area contributed by atoms with E-state index in [2.05, 4.69) is 34.5 Å². The summed E-state index contributed by atoms with van der Waals surface area (Å²) in [6.45, 7) is 10.1. The van der Waals surface area contributed by atoms with Crippen molar-refractivity contribution in [2.75, 3.05) is 32.7 Å². The van der Waals surface area contributed by atoms with Gasteiger partial charge in [-0.2, -0.15) is 0 Å². The Morgan fingerprint density at radius 1 is 0.862 bits per heavy atom. The van der Waals surface area contributed by atoms with Gasteiger partial charge in [0.15, 0.2) is 0 Å².